The van der Waals surface area contributed by atoms with Crippen LogP contribution in [-0.4, -0.2) is 19.3 Å². The maximum atomic E-state index is 11.9. The normalized spacial score (nSPS) is 10.8. The lowest BCUT2D eigenvalue weighted by atomic mass is 10.3. The Hall–Kier alpha value is -1.82. The monoisotopic (exact) mass is 268 g/mol. The lowest BCUT2D eigenvalue weighted by Crippen LogP contribution is -2.37. The molecular formula is C11H13ClN4O2. The molecule has 0 fully saturated rings. The molecule has 96 valence electrons. The molecule has 0 aliphatic carbocycles. The van der Waals surface area contributed by atoms with Crippen molar-refractivity contribution in [2.24, 2.45) is 7.05 Å². The number of nitrogens with one attached hydrogen (secondary N) is 1. The van der Waals surface area contributed by atoms with E-state index in [0.29, 0.717) is 18.5 Å². The Bertz CT molecular complexity index is 683. The zero-order chi connectivity index (χ0) is 13.3. The van der Waals surface area contributed by atoms with Gasteiger partial charge in [-0.1, -0.05) is 11.6 Å². The lowest BCUT2D eigenvalue weighted by Gasteiger charge is -2.06. The molecule has 0 amide bonds. The van der Waals surface area contributed by atoms with E-state index in [9.17, 15) is 9.59 Å². The zero-order valence-electron chi connectivity index (χ0n) is 10.1. The quantitative estimate of drug-likeness (QED) is 0.823. The maximum absolute atomic E-state index is 11.9. The fourth-order valence-corrected chi connectivity index (χ4v) is 1.88. The number of aromatic nitrogens is 4. The van der Waals surface area contributed by atoms with Crippen molar-refractivity contribution in [1.82, 2.24) is 19.3 Å². The summed E-state index contributed by atoms with van der Waals surface area (Å²) in [6.07, 6.45) is 2.23. The van der Waals surface area contributed by atoms with Gasteiger partial charge >= 0.3 is 5.69 Å². The smallest absolute Gasteiger partial charge is 0.297 e. The van der Waals surface area contributed by atoms with Gasteiger partial charge in [0.05, 0.1) is 0 Å². The molecule has 6 nitrogen and oxygen atoms in total. The molecule has 1 N–H and O–H groups in total. The average Bonchev–Trinajstić information content (AvgIpc) is 2.72. The van der Waals surface area contributed by atoms with E-state index in [1.54, 1.807) is 17.8 Å². The molecule has 0 aliphatic rings. The van der Waals surface area contributed by atoms with Gasteiger partial charge in [0, 0.05) is 37.5 Å². The molecule has 2 aromatic rings. The number of aromatic amines is 1. The summed E-state index contributed by atoms with van der Waals surface area (Å²) in [6.45, 7) is 1.88. The van der Waals surface area contributed by atoms with E-state index in [1.807, 2.05) is 13.1 Å². The molecule has 7 heteroatoms. The summed E-state index contributed by atoms with van der Waals surface area (Å²) >= 11 is 5.73. The van der Waals surface area contributed by atoms with E-state index in [-0.39, 0.29) is 10.7 Å². The van der Waals surface area contributed by atoms with Crippen molar-refractivity contribution in [3.63, 3.8) is 0 Å². The van der Waals surface area contributed by atoms with Crippen LogP contribution in [0, 0.1) is 6.92 Å². The van der Waals surface area contributed by atoms with Crippen molar-refractivity contribution in [3.05, 3.63) is 49.5 Å². The Balaban J connectivity index is 2.31. The van der Waals surface area contributed by atoms with Gasteiger partial charge in [0.1, 0.15) is 5.15 Å². The molecular weight excluding hydrogens is 256 g/mol. The van der Waals surface area contributed by atoms with E-state index < -0.39 is 5.69 Å². The van der Waals surface area contributed by atoms with Crippen LogP contribution in [0.4, 0.5) is 0 Å². The third-order valence-electron chi connectivity index (χ3n) is 2.87. The van der Waals surface area contributed by atoms with E-state index >= 15 is 0 Å². The van der Waals surface area contributed by atoms with Crippen molar-refractivity contribution in [2.75, 3.05) is 0 Å². The van der Waals surface area contributed by atoms with Crippen LogP contribution in [0.1, 0.15) is 11.3 Å². The van der Waals surface area contributed by atoms with Gasteiger partial charge in [-0.2, -0.15) is 5.10 Å². The highest BCUT2D eigenvalue weighted by Crippen LogP contribution is 2.03. The Kier molecular flexibility index (Phi) is 3.38. The Labute approximate surface area is 108 Å². The second-order valence-corrected chi connectivity index (χ2v) is 4.40. The van der Waals surface area contributed by atoms with Gasteiger partial charge in [-0.3, -0.25) is 19.0 Å². The van der Waals surface area contributed by atoms with Crippen molar-refractivity contribution < 1.29 is 0 Å². The minimum atomic E-state index is -0.488. The second-order valence-electron chi connectivity index (χ2n) is 4.02. The summed E-state index contributed by atoms with van der Waals surface area (Å²) in [4.78, 5) is 26.0. The van der Waals surface area contributed by atoms with Crippen molar-refractivity contribution in [2.45, 2.75) is 19.9 Å². The molecule has 0 unspecified atom stereocenters. The number of H-pyrrole nitrogens is 1. The second kappa shape index (κ2) is 4.81. The summed E-state index contributed by atoms with van der Waals surface area (Å²) < 4.78 is 2.86. The lowest BCUT2D eigenvalue weighted by molar-refractivity contribution is 0.593. The molecule has 0 saturated heterocycles. The Morgan fingerprint density at radius 3 is 2.78 bits per heavy atom. The van der Waals surface area contributed by atoms with Crippen LogP contribution < -0.4 is 11.2 Å². The first-order valence-electron chi connectivity index (χ1n) is 5.47. The molecule has 0 aliphatic heterocycles. The van der Waals surface area contributed by atoms with Crippen LogP contribution in [0.5, 0.6) is 0 Å². The van der Waals surface area contributed by atoms with Crippen molar-refractivity contribution >= 4 is 11.6 Å². The molecule has 2 heterocycles. The van der Waals surface area contributed by atoms with Crippen molar-refractivity contribution in [3.8, 4) is 0 Å². The van der Waals surface area contributed by atoms with Crippen LogP contribution >= 0.6 is 11.6 Å². The molecule has 18 heavy (non-hydrogen) atoms. The van der Waals surface area contributed by atoms with Gasteiger partial charge in [-0.25, -0.2) is 4.79 Å². The zero-order valence-corrected chi connectivity index (χ0v) is 10.9. The number of hydrogen-bond donors (Lipinski definition) is 1. The third kappa shape index (κ3) is 2.24. The fourth-order valence-electron chi connectivity index (χ4n) is 1.72. The third-order valence-corrected chi connectivity index (χ3v) is 3.25. The maximum Gasteiger partial charge on any atom is 0.329 e. The number of hydrogen-bond acceptors (Lipinski definition) is 3. The molecule has 0 atom stereocenters. The van der Waals surface area contributed by atoms with Crippen LogP contribution in [0.2, 0.25) is 5.15 Å². The summed E-state index contributed by atoms with van der Waals surface area (Å²) in [6, 6.07) is 1.85. The minimum absolute atomic E-state index is 0.0989. The first-order valence-corrected chi connectivity index (χ1v) is 5.84. The predicted molar refractivity (Wildman–Crippen MR) is 68.0 cm³/mol. The van der Waals surface area contributed by atoms with Crippen LogP contribution in [0.25, 0.3) is 0 Å². The first kappa shape index (κ1) is 12.6. The number of rotatable bonds is 3. The molecule has 0 aromatic carbocycles. The first-order chi connectivity index (χ1) is 8.50. The van der Waals surface area contributed by atoms with Crippen LogP contribution in [0.3, 0.4) is 0 Å². The number of halogens is 1. The fraction of sp³-hybridized carbons (Fsp3) is 0.364. The van der Waals surface area contributed by atoms with E-state index in [0.717, 1.165) is 10.3 Å². The minimum Gasteiger partial charge on any atom is -0.297 e. The number of nitrogens with zero attached hydrogens (tertiary/aromatic N) is 3. The van der Waals surface area contributed by atoms with E-state index in [1.165, 1.54) is 0 Å². The van der Waals surface area contributed by atoms with Crippen LogP contribution in [-0.2, 0) is 20.0 Å². The molecule has 2 aromatic heterocycles. The van der Waals surface area contributed by atoms with E-state index in [2.05, 4.69) is 10.1 Å². The molecule has 2 rings (SSSR count). The highest BCUT2D eigenvalue weighted by atomic mass is 35.5. The average molecular weight is 269 g/mol. The van der Waals surface area contributed by atoms with Gasteiger partial charge in [-0.15, -0.1) is 0 Å². The molecule has 0 bridgehead atoms. The molecule has 0 radical (unpaired) electrons. The molecule has 0 saturated carbocycles. The van der Waals surface area contributed by atoms with Gasteiger partial charge in [0.15, 0.2) is 0 Å². The summed E-state index contributed by atoms with van der Waals surface area (Å²) in [5, 5.41) is 4.13. The van der Waals surface area contributed by atoms with Gasteiger partial charge in [0.25, 0.3) is 5.56 Å². The van der Waals surface area contributed by atoms with Gasteiger partial charge in [-0.05, 0) is 13.0 Å². The van der Waals surface area contributed by atoms with Crippen molar-refractivity contribution in [1.29, 1.82) is 0 Å². The van der Waals surface area contributed by atoms with E-state index in [4.69, 9.17) is 11.6 Å². The Morgan fingerprint density at radius 2 is 2.17 bits per heavy atom. The van der Waals surface area contributed by atoms with Crippen LogP contribution in [0.15, 0.2) is 21.9 Å². The SMILES string of the molecule is Cc1c(Cl)[nH]c(=O)n(CCc2ccnn2C)c1=O. The summed E-state index contributed by atoms with van der Waals surface area (Å²) in [7, 11) is 1.81. The molecule has 0 spiro atoms. The highest BCUT2D eigenvalue weighted by molar-refractivity contribution is 6.30. The highest BCUT2D eigenvalue weighted by Gasteiger charge is 2.09. The van der Waals surface area contributed by atoms with Gasteiger partial charge in [0.2, 0.25) is 0 Å². The standard InChI is InChI=1S/C11H13ClN4O2/c1-7-9(12)14-11(18)16(10(7)17)6-4-8-3-5-13-15(8)2/h3,5H,4,6H2,1-2H3,(H,14,18). The number of aryl methyl sites for hydroxylation is 2. The Morgan fingerprint density at radius 1 is 1.44 bits per heavy atom. The predicted octanol–water partition coefficient (Wildman–Crippen LogP) is 0.475. The summed E-state index contributed by atoms with van der Waals surface area (Å²) in [5.41, 5.74) is 0.457. The largest absolute Gasteiger partial charge is 0.329 e. The van der Waals surface area contributed by atoms with Gasteiger partial charge < -0.3 is 0 Å². The summed E-state index contributed by atoms with van der Waals surface area (Å²) in [5.74, 6) is 0. The topological polar surface area (TPSA) is 72.7 Å².